The Morgan fingerprint density at radius 3 is 2.43 bits per heavy atom. The molecule has 0 radical (unpaired) electrons. The number of ether oxygens (including phenoxy) is 1. The van der Waals surface area contributed by atoms with E-state index >= 15 is 0 Å². The van der Waals surface area contributed by atoms with Crippen molar-refractivity contribution >= 4 is 0 Å². The van der Waals surface area contributed by atoms with Crippen molar-refractivity contribution in [3.63, 3.8) is 0 Å². The molecule has 1 saturated carbocycles. The fraction of sp³-hybridized carbons (Fsp3) is 0.667. The molecule has 0 bridgehead atoms. The van der Waals surface area contributed by atoms with E-state index in [4.69, 9.17) is 4.74 Å². The number of benzene rings is 1. The van der Waals surface area contributed by atoms with E-state index in [1.807, 2.05) is 0 Å². The van der Waals surface area contributed by atoms with Gasteiger partial charge in [0.05, 0.1) is 7.11 Å². The van der Waals surface area contributed by atoms with E-state index in [0.717, 1.165) is 24.9 Å². The van der Waals surface area contributed by atoms with Gasteiger partial charge in [0.15, 0.2) is 0 Å². The third kappa shape index (κ3) is 4.72. The fourth-order valence-electron chi connectivity index (χ4n) is 3.33. The molecule has 118 valence electrons. The van der Waals surface area contributed by atoms with Crippen molar-refractivity contribution < 1.29 is 4.74 Å². The lowest BCUT2D eigenvalue weighted by molar-refractivity contribution is 0.175. The van der Waals surface area contributed by atoms with Crippen LogP contribution in [-0.2, 0) is 0 Å². The second-order valence-corrected chi connectivity index (χ2v) is 6.11. The van der Waals surface area contributed by atoms with Gasteiger partial charge in [-0.15, -0.1) is 0 Å². The van der Waals surface area contributed by atoms with Crippen molar-refractivity contribution in [2.75, 3.05) is 27.2 Å². The summed E-state index contributed by atoms with van der Waals surface area (Å²) in [4.78, 5) is 2.55. The molecular formula is C18H30N2O. The highest BCUT2D eigenvalue weighted by Crippen LogP contribution is 2.24. The van der Waals surface area contributed by atoms with Crippen molar-refractivity contribution in [3.05, 3.63) is 29.8 Å². The molecule has 0 saturated heterocycles. The number of nitrogens with one attached hydrogen (secondary N) is 1. The zero-order chi connectivity index (χ0) is 15.1. The quantitative estimate of drug-likeness (QED) is 0.830. The van der Waals surface area contributed by atoms with E-state index in [0.29, 0.717) is 6.04 Å². The lowest BCUT2D eigenvalue weighted by atomic mass is 9.94. The van der Waals surface area contributed by atoms with Crippen LogP contribution in [0.1, 0.15) is 50.6 Å². The Balaban J connectivity index is 1.99. The second-order valence-electron chi connectivity index (χ2n) is 6.11. The van der Waals surface area contributed by atoms with E-state index in [-0.39, 0.29) is 0 Å². The van der Waals surface area contributed by atoms with Gasteiger partial charge in [-0.3, -0.25) is 0 Å². The third-order valence-corrected chi connectivity index (χ3v) is 4.64. The lowest BCUT2D eigenvalue weighted by Gasteiger charge is -2.34. The van der Waals surface area contributed by atoms with Gasteiger partial charge < -0.3 is 15.0 Å². The summed E-state index contributed by atoms with van der Waals surface area (Å²) in [6.45, 7) is 4.25. The SMILES string of the molecule is CCNC(CN(C)C1CCCCC1)c1ccc(OC)cc1. The Labute approximate surface area is 129 Å². The van der Waals surface area contributed by atoms with Crippen LogP contribution in [0, 0.1) is 0 Å². The van der Waals surface area contributed by atoms with E-state index in [1.165, 1.54) is 37.7 Å². The molecule has 1 aliphatic rings. The number of nitrogens with zero attached hydrogens (tertiary/aromatic N) is 1. The van der Waals surface area contributed by atoms with Gasteiger partial charge in [0.25, 0.3) is 0 Å². The van der Waals surface area contributed by atoms with Gasteiger partial charge in [0, 0.05) is 18.6 Å². The highest BCUT2D eigenvalue weighted by molar-refractivity contribution is 5.29. The van der Waals surface area contributed by atoms with Gasteiger partial charge >= 0.3 is 0 Å². The first-order chi connectivity index (χ1) is 10.2. The molecule has 1 fully saturated rings. The Morgan fingerprint density at radius 1 is 1.19 bits per heavy atom. The maximum Gasteiger partial charge on any atom is 0.118 e. The maximum absolute atomic E-state index is 5.25. The van der Waals surface area contributed by atoms with E-state index in [2.05, 4.69) is 48.5 Å². The summed E-state index contributed by atoms with van der Waals surface area (Å²) in [7, 11) is 4.00. The molecule has 1 atom stereocenters. The van der Waals surface area contributed by atoms with Crippen LogP contribution < -0.4 is 10.1 Å². The smallest absolute Gasteiger partial charge is 0.118 e. The number of methoxy groups -OCH3 is 1. The topological polar surface area (TPSA) is 24.5 Å². The van der Waals surface area contributed by atoms with Crippen molar-refractivity contribution in [2.24, 2.45) is 0 Å². The molecule has 1 unspecified atom stereocenters. The molecule has 3 nitrogen and oxygen atoms in total. The fourth-order valence-corrected chi connectivity index (χ4v) is 3.33. The normalized spacial score (nSPS) is 17.9. The van der Waals surface area contributed by atoms with Crippen LogP contribution in [-0.4, -0.2) is 38.2 Å². The summed E-state index contributed by atoms with van der Waals surface area (Å²) in [5.41, 5.74) is 1.35. The predicted octanol–water partition coefficient (Wildman–Crippen LogP) is 3.61. The molecule has 0 aromatic heterocycles. The predicted molar refractivity (Wildman–Crippen MR) is 88.9 cm³/mol. The second kappa shape index (κ2) is 8.40. The highest BCUT2D eigenvalue weighted by Gasteiger charge is 2.21. The molecule has 0 heterocycles. The van der Waals surface area contributed by atoms with E-state index < -0.39 is 0 Å². The summed E-state index contributed by atoms with van der Waals surface area (Å²) in [6.07, 6.45) is 6.92. The maximum atomic E-state index is 5.25. The van der Waals surface area contributed by atoms with Gasteiger partial charge in [0.2, 0.25) is 0 Å². The van der Waals surface area contributed by atoms with Crippen LogP contribution in [0.25, 0.3) is 0 Å². The summed E-state index contributed by atoms with van der Waals surface area (Å²) in [5.74, 6) is 0.926. The molecule has 0 amide bonds. The van der Waals surface area contributed by atoms with Crippen LogP contribution >= 0.6 is 0 Å². The zero-order valence-corrected chi connectivity index (χ0v) is 13.8. The zero-order valence-electron chi connectivity index (χ0n) is 13.8. The molecule has 2 rings (SSSR count). The Bertz CT molecular complexity index is 398. The first-order valence-corrected chi connectivity index (χ1v) is 8.32. The summed E-state index contributed by atoms with van der Waals surface area (Å²) >= 11 is 0. The summed E-state index contributed by atoms with van der Waals surface area (Å²) in [5, 5.41) is 3.62. The lowest BCUT2D eigenvalue weighted by Crippen LogP contribution is -2.40. The minimum Gasteiger partial charge on any atom is -0.497 e. The van der Waals surface area contributed by atoms with Crippen LogP contribution in [0.5, 0.6) is 5.75 Å². The summed E-state index contributed by atoms with van der Waals surface area (Å²) < 4.78 is 5.25. The molecule has 1 aliphatic carbocycles. The first-order valence-electron chi connectivity index (χ1n) is 8.32. The van der Waals surface area contributed by atoms with Crippen LogP contribution in [0.3, 0.4) is 0 Å². The molecule has 0 aliphatic heterocycles. The molecule has 1 aromatic carbocycles. The van der Waals surface area contributed by atoms with E-state index in [1.54, 1.807) is 7.11 Å². The monoisotopic (exact) mass is 290 g/mol. The van der Waals surface area contributed by atoms with Gasteiger partial charge in [0.1, 0.15) is 5.75 Å². The first kappa shape index (κ1) is 16.3. The number of rotatable bonds is 7. The number of hydrogen-bond acceptors (Lipinski definition) is 3. The van der Waals surface area contributed by atoms with Crippen LogP contribution in [0.2, 0.25) is 0 Å². The highest BCUT2D eigenvalue weighted by atomic mass is 16.5. The van der Waals surface area contributed by atoms with Gasteiger partial charge in [-0.2, -0.15) is 0 Å². The van der Waals surface area contributed by atoms with E-state index in [9.17, 15) is 0 Å². The largest absolute Gasteiger partial charge is 0.497 e. The minimum atomic E-state index is 0.396. The van der Waals surface area contributed by atoms with Gasteiger partial charge in [-0.25, -0.2) is 0 Å². The summed E-state index contributed by atoms with van der Waals surface area (Å²) in [6, 6.07) is 9.63. The Kier molecular flexibility index (Phi) is 6.52. The Morgan fingerprint density at radius 2 is 1.86 bits per heavy atom. The molecule has 1 N–H and O–H groups in total. The average molecular weight is 290 g/mol. The van der Waals surface area contributed by atoms with Crippen LogP contribution in [0.15, 0.2) is 24.3 Å². The number of likely N-dealkylation sites (N-methyl/N-ethyl adjacent to an activating group) is 2. The van der Waals surface area contributed by atoms with Crippen molar-refractivity contribution in [1.29, 1.82) is 0 Å². The Hall–Kier alpha value is -1.06. The van der Waals surface area contributed by atoms with Gasteiger partial charge in [-0.1, -0.05) is 38.3 Å². The average Bonchev–Trinajstić information content (AvgIpc) is 2.55. The van der Waals surface area contributed by atoms with Crippen molar-refractivity contribution in [1.82, 2.24) is 10.2 Å². The van der Waals surface area contributed by atoms with Crippen molar-refractivity contribution in [3.8, 4) is 5.75 Å². The molecule has 3 heteroatoms. The molecule has 1 aromatic rings. The molecule has 21 heavy (non-hydrogen) atoms. The van der Waals surface area contributed by atoms with Crippen LogP contribution in [0.4, 0.5) is 0 Å². The third-order valence-electron chi connectivity index (χ3n) is 4.64. The molecular weight excluding hydrogens is 260 g/mol. The number of hydrogen-bond donors (Lipinski definition) is 1. The van der Waals surface area contributed by atoms with Gasteiger partial charge in [-0.05, 0) is 44.1 Å². The van der Waals surface area contributed by atoms with Crippen molar-refractivity contribution in [2.45, 2.75) is 51.1 Å². The standard InChI is InChI=1S/C18H30N2O/c1-4-19-18(15-10-12-17(21-3)13-11-15)14-20(2)16-8-6-5-7-9-16/h10-13,16,18-19H,4-9,14H2,1-3H3. The molecule has 0 spiro atoms. The minimum absolute atomic E-state index is 0.396.